The number of likely N-dealkylation sites (tertiary alicyclic amines) is 1. The van der Waals surface area contributed by atoms with Crippen molar-refractivity contribution in [2.24, 2.45) is 10.4 Å². The molecule has 2 heterocycles. The second-order valence-corrected chi connectivity index (χ2v) is 6.58. The third kappa shape index (κ3) is 3.54. The monoisotopic (exact) mass is 301 g/mol. The summed E-state index contributed by atoms with van der Waals surface area (Å²) in [4.78, 5) is 7.24. The zero-order chi connectivity index (χ0) is 15.3. The molecule has 1 spiro atoms. The third-order valence-corrected chi connectivity index (χ3v) is 5.01. The first-order chi connectivity index (χ1) is 10.8. The number of nitrogens with zero attached hydrogens (tertiary/aromatic N) is 2. The fourth-order valence-electron chi connectivity index (χ4n) is 3.81. The highest BCUT2D eigenvalue weighted by Crippen LogP contribution is 2.45. The van der Waals surface area contributed by atoms with Gasteiger partial charge in [0, 0.05) is 32.6 Å². The number of furan rings is 1. The lowest BCUT2D eigenvalue weighted by Crippen LogP contribution is -2.41. The lowest BCUT2D eigenvalue weighted by molar-refractivity contribution is 0.309. The molecule has 0 amide bonds. The minimum Gasteiger partial charge on any atom is -0.469 e. The molecule has 3 rings (SSSR count). The fraction of sp³-hybridized carbons (Fsp3) is 0.611. The number of hydrogen-bond donors (Lipinski definition) is 1. The van der Waals surface area contributed by atoms with E-state index in [9.17, 15) is 0 Å². The van der Waals surface area contributed by atoms with Gasteiger partial charge in [0.25, 0.3) is 0 Å². The van der Waals surface area contributed by atoms with Crippen LogP contribution in [-0.4, -0.2) is 37.0 Å². The maximum absolute atomic E-state index is 5.38. The van der Waals surface area contributed by atoms with Gasteiger partial charge in [0.2, 0.25) is 0 Å². The highest BCUT2D eigenvalue weighted by molar-refractivity contribution is 5.80. The minimum atomic E-state index is 0.567. The van der Waals surface area contributed by atoms with Crippen LogP contribution in [0.5, 0.6) is 0 Å². The molecule has 0 unspecified atom stereocenters. The van der Waals surface area contributed by atoms with E-state index in [0.29, 0.717) is 5.41 Å². The summed E-state index contributed by atoms with van der Waals surface area (Å²) < 4.78 is 5.38. The Morgan fingerprint density at radius 1 is 1.41 bits per heavy atom. The molecule has 120 valence electrons. The summed E-state index contributed by atoms with van der Waals surface area (Å²) in [6, 6.07) is 3.94. The summed E-state index contributed by atoms with van der Waals surface area (Å²) in [6.07, 6.45) is 11.4. The molecular formula is C18H27N3O. The minimum absolute atomic E-state index is 0.567. The standard InChI is InChI=1S/C18H27N3O/c1-2-11-19-17(20-12-7-16-6-5-14-22-16)21-13-10-18(15-21)8-3-4-9-18/h2,5-6,14H,1,3-4,7-13,15H2,(H,19,20). The van der Waals surface area contributed by atoms with Crippen LogP contribution in [0.15, 0.2) is 40.5 Å². The van der Waals surface area contributed by atoms with Crippen molar-refractivity contribution in [2.45, 2.75) is 38.5 Å². The Kier molecular flexibility index (Phi) is 4.86. The molecule has 2 aliphatic rings. The molecule has 0 radical (unpaired) electrons. The molecule has 2 fully saturated rings. The second kappa shape index (κ2) is 7.03. The summed E-state index contributed by atoms with van der Waals surface area (Å²) in [5.74, 6) is 2.04. The Morgan fingerprint density at radius 2 is 2.27 bits per heavy atom. The summed E-state index contributed by atoms with van der Waals surface area (Å²) in [6.45, 7) is 7.62. The Hall–Kier alpha value is -1.71. The van der Waals surface area contributed by atoms with E-state index in [1.807, 2.05) is 18.2 Å². The van der Waals surface area contributed by atoms with Gasteiger partial charge in [-0.15, -0.1) is 6.58 Å². The van der Waals surface area contributed by atoms with Crippen LogP contribution in [0.25, 0.3) is 0 Å². The van der Waals surface area contributed by atoms with E-state index in [-0.39, 0.29) is 0 Å². The van der Waals surface area contributed by atoms with Gasteiger partial charge in [-0.1, -0.05) is 18.9 Å². The molecule has 0 atom stereocenters. The van der Waals surface area contributed by atoms with Crippen molar-refractivity contribution in [3.8, 4) is 0 Å². The number of nitrogens with one attached hydrogen (secondary N) is 1. The van der Waals surface area contributed by atoms with Crippen molar-refractivity contribution >= 4 is 5.96 Å². The number of hydrogen-bond acceptors (Lipinski definition) is 2. The zero-order valence-electron chi connectivity index (χ0n) is 13.4. The maximum atomic E-state index is 5.38. The largest absolute Gasteiger partial charge is 0.469 e. The van der Waals surface area contributed by atoms with Gasteiger partial charge in [0.1, 0.15) is 5.76 Å². The van der Waals surface area contributed by atoms with E-state index in [1.165, 1.54) is 32.1 Å². The van der Waals surface area contributed by atoms with Crippen LogP contribution in [0.1, 0.15) is 37.9 Å². The molecule has 1 aliphatic carbocycles. The third-order valence-electron chi connectivity index (χ3n) is 5.01. The molecule has 1 aromatic rings. The first kappa shape index (κ1) is 15.2. The smallest absolute Gasteiger partial charge is 0.194 e. The molecule has 4 heteroatoms. The van der Waals surface area contributed by atoms with Crippen molar-refractivity contribution in [2.75, 3.05) is 26.2 Å². The Labute approximate surface area is 133 Å². The summed E-state index contributed by atoms with van der Waals surface area (Å²) in [5, 5.41) is 3.43. The van der Waals surface area contributed by atoms with Gasteiger partial charge in [-0.2, -0.15) is 0 Å². The number of rotatable bonds is 5. The number of aliphatic imine (C=N–C) groups is 1. The summed E-state index contributed by atoms with van der Waals surface area (Å²) >= 11 is 0. The van der Waals surface area contributed by atoms with Crippen molar-refractivity contribution in [1.82, 2.24) is 10.2 Å². The molecule has 1 aromatic heterocycles. The SMILES string of the molecule is C=CCNC(=NCCc1ccco1)N1CCC2(CCCC2)C1. The molecule has 0 aromatic carbocycles. The highest BCUT2D eigenvalue weighted by Gasteiger charge is 2.41. The van der Waals surface area contributed by atoms with Crippen LogP contribution in [0.3, 0.4) is 0 Å². The Balaban J connectivity index is 1.60. The average molecular weight is 301 g/mol. The molecule has 22 heavy (non-hydrogen) atoms. The predicted octanol–water partition coefficient (Wildman–Crippen LogP) is 3.22. The van der Waals surface area contributed by atoms with Crippen LogP contribution in [-0.2, 0) is 6.42 Å². The van der Waals surface area contributed by atoms with E-state index in [1.54, 1.807) is 6.26 Å². The van der Waals surface area contributed by atoms with Gasteiger partial charge in [-0.25, -0.2) is 0 Å². The van der Waals surface area contributed by atoms with Crippen LogP contribution in [0.2, 0.25) is 0 Å². The Bertz CT molecular complexity index is 500. The van der Waals surface area contributed by atoms with E-state index >= 15 is 0 Å². The van der Waals surface area contributed by atoms with Gasteiger partial charge >= 0.3 is 0 Å². The normalized spacial score (nSPS) is 20.7. The van der Waals surface area contributed by atoms with Crippen molar-refractivity contribution in [1.29, 1.82) is 0 Å². The van der Waals surface area contributed by atoms with Crippen molar-refractivity contribution in [3.05, 3.63) is 36.8 Å². The molecule has 1 N–H and O–H groups in total. The zero-order valence-corrected chi connectivity index (χ0v) is 13.4. The van der Waals surface area contributed by atoms with Gasteiger partial charge in [0.15, 0.2) is 5.96 Å². The van der Waals surface area contributed by atoms with Gasteiger partial charge < -0.3 is 14.6 Å². The molecule has 0 bridgehead atoms. The van der Waals surface area contributed by atoms with Crippen molar-refractivity contribution < 1.29 is 4.42 Å². The topological polar surface area (TPSA) is 40.8 Å². The molecule has 1 saturated carbocycles. The number of guanidine groups is 1. The van der Waals surface area contributed by atoms with Gasteiger partial charge in [0.05, 0.1) is 6.26 Å². The predicted molar refractivity (Wildman–Crippen MR) is 90.0 cm³/mol. The maximum Gasteiger partial charge on any atom is 0.194 e. The van der Waals surface area contributed by atoms with E-state index < -0.39 is 0 Å². The first-order valence-electron chi connectivity index (χ1n) is 8.48. The lowest BCUT2D eigenvalue weighted by atomic mass is 9.86. The highest BCUT2D eigenvalue weighted by atomic mass is 16.3. The van der Waals surface area contributed by atoms with Crippen LogP contribution in [0.4, 0.5) is 0 Å². The molecular weight excluding hydrogens is 274 g/mol. The lowest BCUT2D eigenvalue weighted by Gasteiger charge is -2.26. The summed E-state index contributed by atoms with van der Waals surface area (Å²) in [5.41, 5.74) is 0.567. The Morgan fingerprint density at radius 3 is 3.00 bits per heavy atom. The second-order valence-electron chi connectivity index (χ2n) is 6.58. The van der Waals surface area contributed by atoms with Crippen LogP contribution >= 0.6 is 0 Å². The van der Waals surface area contributed by atoms with E-state index in [0.717, 1.165) is 44.3 Å². The molecule has 4 nitrogen and oxygen atoms in total. The van der Waals surface area contributed by atoms with Crippen LogP contribution < -0.4 is 5.32 Å². The van der Waals surface area contributed by atoms with Gasteiger partial charge in [-0.05, 0) is 36.8 Å². The van der Waals surface area contributed by atoms with Crippen molar-refractivity contribution in [3.63, 3.8) is 0 Å². The molecule has 1 saturated heterocycles. The van der Waals surface area contributed by atoms with Crippen LogP contribution in [0, 0.1) is 5.41 Å². The van der Waals surface area contributed by atoms with E-state index in [2.05, 4.69) is 16.8 Å². The molecule has 1 aliphatic heterocycles. The van der Waals surface area contributed by atoms with Gasteiger partial charge in [-0.3, -0.25) is 4.99 Å². The first-order valence-corrected chi connectivity index (χ1v) is 8.48. The average Bonchev–Trinajstić information content (AvgIpc) is 3.26. The van der Waals surface area contributed by atoms with E-state index in [4.69, 9.17) is 9.41 Å². The quantitative estimate of drug-likeness (QED) is 0.516. The summed E-state index contributed by atoms with van der Waals surface area (Å²) in [7, 11) is 0. The fourth-order valence-corrected chi connectivity index (χ4v) is 3.81.